The van der Waals surface area contributed by atoms with Crippen molar-refractivity contribution in [1.82, 2.24) is 15.6 Å². The van der Waals surface area contributed by atoms with Crippen molar-refractivity contribution in [3.63, 3.8) is 0 Å². The Morgan fingerprint density at radius 2 is 1.88 bits per heavy atom. The van der Waals surface area contributed by atoms with Gasteiger partial charge >= 0.3 is 0 Å². The fraction of sp³-hybridized carbons (Fsp3) is 0.444. The molecule has 0 bridgehead atoms. The molecule has 2 aromatic rings. The van der Waals surface area contributed by atoms with Crippen LogP contribution in [-0.2, 0) is 6.54 Å². The molecule has 1 aromatic heterocycles. The Morgan fingerprint density at radius 3 is 2.48 bits per heavy atom. The molecular formula is C18H27IN4OS. The molecule has 0 saturated heterocycles. The van der Waals surface area contributed by atoms with Crippen LogP contribution in [0.25, 0.3) is 0 Å². The van der Waals surface area contributed by atoms with Gasteiger partial charge in [0, 0.05) is 11.4 Å². The molecule has 2 N–H and O–H groups in total. The van der Waals surface area contributed by atoms with Gasteiger partial charge in [0.25, 0.3) is 0 Å². The Kier molecular flexibility index (Phi) is 9.81. The summed E-state index contributed by atoms with van der Waals surface area (Å²) < 4.78 is 5.72. The van der Waals surface area contributed by atoms with E-state index in [9.17, 15) is 0 Å². The lowest BCUT2D eigenvalue weighted by molar-refractivity contribution is 0.322. The number of nitrogens with one attached hydrogen (secondary N) is 2. The summed E-state index contributed by atoms with van der Waals surface area (Å²) in [5.74, 6) is 1.67. The Morgan fingerprint density at radius 1 is 1.16 bits per heavy atom. The van der Waals surface area contributed by atoms with E-state index >= 15 is 0 Å². The summed E-state index contributed by atoms with van der Waals surface area (Å²) in [7, 11) is 0. The van der Waals surface area contributed by atoms with Crippen molar-refractivity contribution in [3.8, 4) is 5.75 Å². The zero-order valence-corrected chi connectivity index (χ0v) is 18.4. The van der Waals surface area contributed by atoms with Crippen molar-refractivity contribution >= 4 is 41.3 Å². The van der Waals surface area contributed by atoms with Gasteiger partial charge in [0.15, 0.2) is 5.96 Å². The predicted octanol–water partition coefficient (Wildman–Crippen LogP) is 3.82. The first kappa shape index (κ1) is 21.7. The molecule has 2 rings (SSSR count). The maximum absolute atomic E-state index is 5.72. The average molecular weight is 474 g/mol. The summed E-state index contributed by atoms with van der Waals surface area (Å²) in [5, 5.41) is 7.57. The van der Waals surface area contributed by atoms with Gasteiger partial charge in [-0.3, -0.25) is 0 Å². The van der Waals surface area contributed by atoms with Crippen LogP contribution in [-0.4, -0.2) is 30.6 Å². The molecule has 0 aliphatic rings. The maximum Gasteiger partial charge on any atom is 0.191 e. The predicted molar refractivity (Wildman–Crippen MR) is 116 cm³/mol. The monoisotopic (exact) mass is 474 g/mol. The minimum atomic E-state index is 0. The number of aliphatic imine (C=N–C) groups is 1. The summed E-state index contributed by atoms with van der Waals surface area (Å²) in [5.41, 5.74) is 2.32. The standard InChI is InChI=1S/C18H26N4OS.HI/c1-5-19-18(21-12-17-22-14(3)15(4)24-17)20-10-11-23-16-8-6-13(2)7-9-16;/h6-9H,5,10-12H2,1-4H3,(H2,19,20,21);1H. The lowest BCUT2D eigenvalue weighted by Gasteiger charge is -2.12. The van der Waals surface area contributed by atoms with E-state index in [0.717, 1.165) is 29.0 Å². The number of guanidine groups is 1. The van der Waals surface area contributed by atoms with Crippen molar-refractivity contribution < 1.29 is 4.74 Å². The second kappa shape index (κ2) is 11.3. The largest absolute Gasteiger partial charge is 0.492 e. The highest BCUT2D eigenvalue weighted by Gasteiger charge is 2.04. The number of aromatic nitrogens is 1. The number of benzene rings is 1. The van der Waals surface area contributed by atoms with Crippen LogP contribution in [0.4, 0.5) is 0 Å². The third kappa shape index (κ3) is 7.60. The van der Waals surface area contributed by atoms with Gasteiger partial charge in [0.1, 0.15) is 17.4 Å². The molecule has 25 heavy (non-hydrogen) atoms. The van der Waals surface area contributed by atoms with Crippen LogP contribution >= 0.6 is 35.3 Å². The van der Waals surface area contributed by atoms with Gasteiger partial charge in [-0.1, -0.05) is 17.7 Å². The number of aryl methyl sites for hydroxylation is 3. The van der Waals surface area contributed by atoms with E-state index < -0.39 is 0 Å². The molecule has 138 valence electrons. The number of hydrogen-bond acceptors (Lipinski definition) is 4. The van der Waals surface area contributed by atoms with Gasteiger partial charge in [-0.2, -0.15) is 0 Å². The zero-order chi connectivity index (χ0) is 17.4. The van der Waals surface area contributed by atoms with Crippen molar-refractivity contribution in [3.05, 3.63) is 45.4 Å². The summed E-state index contributed by atoms with van der Waals surface area (Å²) in [6, 6.07) is 8.07. The van der Waals surface area contributed by atoms with Crippen LogP contribution in [0.5, 0.6) is 5.75 Å². The van der Waals surface area contributed by atoms with E-state index in [1.165, 1.54) is 10.4 Å². The Labute approximate surface area is 171 Å². The Hall–Kier alpha value is -1.35. The van der Waals surface area contributed by atoms with Gasteiger partial charge in [-0.25, -0.2) is 9.98 Å². The minimum absolute atomic E-state index is 0. The molecule has 0 fully saturated rings. The number of hydrogen-bond donors (Lipinski definition) is 2. The van der Waals surface area contributed by atoms with E-state index in [2.05, 4.69) is 41.4 Å². The summed E-state index contributed by atoms with van der Waals surface area (Å²) in [6.07, 6.45) is 0. The van der Waals surface area contributed by atoms with Crippen LogP contribution in [0.1, 0.15) is 28.1 Å². The van der Waals surface area contributed by atoms with E-state index in [-0.39, 0.29) is 24.0 Å². The minimum Gasteiger partial charge on any atom is -0.492 e. The molecule has 7 heteroatoms. The zero-order valence-electron chi connectivity index (χ0n) is 15.3. The van der Waals surface area contributed by atoms with Gasteiger partial charge in [-0.05, 0) is 39.8 Å². The normalized spacial score (nSPS) is 11.0. The highest BCUT2D eigenvalue weighted by Crippen LogP contribution is 2.16. The summed E-state index contributed by atoms with van der Waals surface area (Å²) in [4.78, 5) is 10.4. The molecule has 0 aliphatic heterocycles. The van der Waals surface area contributed by atoms with Gasteiger partial charge in [-0.15, -0.1) is 35.3 Å². The quantitative estimate of drug-likeness (QED) is 0.277. The van der Waals surface area contributed by atoms with Crippen LogP contribution in [0.15, 0.2) is 29.3 Å². The Balaban J connectivity index is 0.00000312. The second-order valence-corrected chi connectivity index (χ2v) is 6.82. The highest BCUT2D eigenvalue weighted by molar-refractivity contribution is 14.0. The lowest BCUT2D eigenvalue weighted by Crippen LogP contribution is -2.39. The second-order valence-electron chi connectivity index (χ2n) is 5.53. The smallest absolute Gasteiger partial charge is 0.191 e. The molecule has 5 nitrogen and oxygen atoms in total. The van der Waals surface area contributed by atoms with Crippen molar-refractivity contribution in [2.24, 2.45) is 4.99 Å². The van der Waals surface area contributed by atoms with E-state index in [1.807, 2.05) is 31.2 Å². The first-order valence-electron chi connectivity index (χ1n) is 8.23. The fourth-order valence-electron chi connectivity index (χ4n) is 2.07. The Bertz CT molecular complexity index is 651. The van der Waals surface area contributed by atoms with Gasteiger partial charge in [0.05, 0.1) is 18.8 Å². The molecular weight excluding hydrogens is 447 g/mol. The van der Waals surface area contributed by atoms with Crippen LogP contribution in [0.2, 0.25) is 0 Å². The van der Waals surface area contributed by atoms with Crippen LogP contribution in [0, 0.1) is 20.8 Å². The number of halogens is 1. The van der Waals surface area contributed by atoms with Gasteiger partial charge < -0.3 is 15.4 Å². The van der Waals surface area contributed by atoms with Crippen molar-refractivity contribution in [2.75, 3.05) is 19.7 Å². The number of rotatable bonds is 7. The molecule has 1 aromatic carbocycles. The fourth-order valence-corrected chi connectivity index (χ4v) is 2.93. The van der Waals surface area contributed by atoms with Gasteiger partial charge in [0.2, 0.25) is 0 Å². The van der Waals surface area contributed by atoms with E-state index in [0.29, 0.717) is 19.7 Å². The number of ether oxygens (including phenoxy) is 1. The van der Waals surface area contributed by atoms with Crippen LogP contribution < -0.4 is 15.4 Å². The van der Waals surface area contributed by atoms with E-state index in [4.69, 9.17) is 4.74 Å². The topological polar surface area (TPSA) is 58.5 Å². The molecule has 0 spiro atoms. The third-order valence-corrected chi connectivity index (χ3v) is 4.53. The number of nitrogens with zero attached hydrogens (tertiary/aromatic N) is 2. The lowest BCUT2D eigenvalue weighted by atomic mass is 10.2. The number of thiazole rings is 1. The molecule has 0 atom stereocenters. The highest BCUT2D eigenvalue weighted by atomic mass is 127. The van der Waals surface area contributed by atoms with Crippen LogP contribution in [0.3, 0.4) is 0 Å². The molecule has 0 amide bonds. The van der Waals surface area contributed by atoms with E-state index in [1.54, 1.807) is 11.3 Å². The molecule has 0 aliphatic carbocycles. The SMILES string of the molecule is CCNC(=NCc1nc(C)c(C)s1)NCCOc1ccc(C)cc1.I. The average Bonchev–Trinajstić information content (AvgIpc) is 2.89. The summed E-state index contributed by atoms with van der Waals surface area (Å²) in [6.45, 7) is 10.9. The first-order chi connectivity index (χ1) is 11.6. The van der Waals surface area contributed by atoms with Crippen molar-refractivity contribution in [2.45, 2.75) is 34.2 Å². The third-order valence-electron chi connectivity index (χ3n) is 3.47. The molecule has 0 unspecified atom stereocenters. The molecule has 0 saturated carbocycles. The first-order valence-corrected chi connectivity index (χ1v) is 9.04. The maximum atomic E-state index is 5.72. The summed E-state index contributed by atoms with van der Waals surface area (Å²) >= 11 is 1.70. The molecule has 0 radical (unpaired) electrons. The van der Waals surface area contributed by atoms with Crippen molar-refractivity contribution in [1.29, 1.82) is 0 Å². The molecule has 1 heterocycles.